The van der Waals surface area contributed by atoms with E-state index in [1.807, 2.05) is 24.9 Å². The fraction of sp³-hybridized carbons (Fsp3) is 0.667. The van der Waals surface area contributed by atoms with Crippen LogP contribution >= 0.6 is 0 Å². The van der Waals surface area contributed by atoms with Crippen LogP contribution in [0, 0.1) is 12.8 Å². The van der Waals surface area contributed by atoms with Crippen molar-refractivity contribution in [3.63, 3.8) is 0 Å². The molecule has 0 unspecified atom stereocenters. The molecule has 1 saturated heterocycles. The smallest absolute Gasteiger partial charge is 0.329 e. The van der Waals surface area contributed by atoms with Crippen LogP contribution < -0.4 is 5.69 Å². The second-order valence-corrected chi connectivity index (χ2v) is 8.03. The number of hydrogen-bond donors (Lipinski definition) is 0. The zero-order valence-corrected chi connectivity index (χ0v) is 15.3. The fourth-order valence-electron chi connectivity index (χ4n) is 4.38. The van der Waals surface area contributed by atoms with Gasteiger partial charge < -0.3 is 4.90 Å². The van der Waals surface area contributed by atoms with Gasteiger partial charge in [-0.3, -0.25) is 14.0 Å². The van der Waals surface area contributed by atoms with Crippen LogP contribution in [0.4, 0.5) is 0 Å². The van der Waals surface area contributed by atoms with E-state index in [1.54, 1.807) is 13.9 Å². The van der Waals surface area contributed by atoms with E-state index in [-0.39, 0.29) is 23.7 Å². The van der Waals surface area contributed by atoms with E-state index in [0.29, 0.717) is 24.6 Å². The molecule has 2 bridgehead atoms. The first-order chi connectivity index (χ1) is 12.5. The molecular weight excluding hydrogens is 332 g/mol. The summed E-state index contributed by atoms with van der Waals surface area (Å²) >= 11 is 0. The van der Waals surface area contributed by atoms with Gasteiger partial charge in [0.2, 0.25) is 0 Å². The molecule has 2 aromatic heterocycles. The first-order valence-electron chi connectivity index (χ1n) is 9.51. The maximum Gasteiger partial charge on any atom is 0.345 e. The van der Waals surface area contributed by atoms with Crippen molar-refractivity contribution in [1.29, 1.82) is 0 Å². The molecule has 3 aliphatic rings. The van der Waals surface area contributed by atoms with Crippen molar-refractivity contribution in [1.82, 2.24) is 29.0 Å². The van der Waals surface area contributed by atoms with Gasteiger partial charge in [-0.2, -0.15) is 10.2 Å². The topological polar surface area (TPSA) is 78.0 Å². The predicted molar refractivity (Wildman–Crippen MR) is 93.8 cm³/mol. The highest BCUT2D eigenvalue weighted by atomic mass is 16.2. The minimum atomic E-state index is -0.0229. The molecule has 138 valence electrons. The Kier molecular flexibility index (Phi) is 3.39. The van der Waals surface area contributed by atoms with Crippen molar-refractivity contribution >= 4 is 5.91 Å². The average Bonchev–Trinajstić information content (AvgIpc) is 3.19. The molecule has 2 fully saturated rings. The van der Waals surface area contributed by atoms with E-state index >= 15 is 0 Å². The quantitative estimate of drug-likeness (QED) is 0.812. The number of aromatic nitrogens is 5. The Hall–Kier alpha value is -2.38. The number of carbonyl (C=O) groups is 1. The Morgan fingerprint density at radius 3 is 2.65 bits per heavy atom. The van der Waals surface area contributed by atoms with Crippen molar-refractivity contribution in [3.05, 3.63) is 33.8 Å². The zero-order chi connectivity index (χ0) is 18.0. The van der Waals surface area contributed by atoms with E-state index in [9.17, 15) is 9.59 Å². The van der Waals surface area contributed by atoms with E-state index in [0.717, 1.165) is 30.9 Å². The van der Waals surface area contributed by atoms with Crippen molar-refractivity contribution in [2.45, 2.75) is 64.2 Å². The molecule has 8 heteroatoms. The van der Waals surface area contributed by atoms with Crippen molar-refractivity contribution < 1.29 is 4.79 Å². The lowest BCUT2D eigenvalue weighted by atomic mass is 10.1. The summed E-state index contributed by atoms with van der Waals surface area (Å²) < 4.78 is 5.18. The van der Waals surface area contributed by atoms with E-state index < -0.39 is 0 Å². The highest BCUT2D eigenvalue weighted by Gasteiger charge is 2.42. The molecule has 2 aliphatic heterocycles. The number of hydrogen-bond acceptors (Lipinski definition) is 4. The summed E-state index contributed by atoms with van der Waals surface area (Å²) in [6.45, 7) is 3.23. The van der Waals surface area contributed by atoms with E-state index in [2.05, 4.69) is 10.2 Å². The molecule has 2 atom stereocenters. The van der Waals surface area contributed by atoms with Gasteiger partial charge in [0, 0.05) is 38.3 Å². The Bertz CT molecular complexity index is 915. The van der Waals surface area contributed by atoms with Gasteiger partial charge in [-0.25, -0.2) is 9.48 Å². The molecule has 0 radical (unpaired) electrons. The van der Waals surface area contributed by atoms with Crippen molar-refractivity contribution in [2.24, 2.45) is 13.0 Å². The minimum absolute atomic E-state index is 0.0134. The Labute approximate surface area is 151 Å². The number of carbonyl (C=O) groups excluding carboxylic acids is 1. The Balaban J connectivity index is 1.45. The van der Waals surface area contributed by atoms with Crippen LogP contribution in [-0.4, -0.2) is 47.0 Å². The Morgan fingerprint density at radius 2 is 1.96 bits per heavy atom. The summed E-state index contributed by atoms with van der Waals surface area (Å²) in [5, 5.41) is 8.96. The monoisotopic (exact) mass is 356 g/mol. The maximum absolute atomic E-state index is 13.1. The van der Waals surface area contributed by atoms with Crippen LogP contribution in [0.1, 0.15) is 47.7 Å². The predicted octanol–water partition coefficient (Wildman–Crippen LogP) is 0.726. The third-order valence-electron chi connectivity index (χ3n) is 6.13. The van der Waals surface area contributed by atoms with Gasteiger partial charge in [0.05, 0.1) is 6.04 Å². The van der Waals surface area contributed by atoms with Crippen LogP contribution in [0.3, 0.4) is 0 Å². The molecular formula is C18H24N6O2. The highest BCUT2D eigenvalue weighted by molar-refractivity contribution is 5.93. The summed E-state index contributed by atoms with van der Waals surface area (Å²) in [6, 6.07) is 1.99. The number of fused-ring (bicyclic) bond motifs is 3. The molecule has 1 amide bonds. The maximum atomic E-state index is 13.1. The van der Waals surface area contributed by atoms with Crippen molar-refractivity contribution in [2.75, 3.05) is 0 Å². The molecule has 26 heavy (non-hydrogen) atoms. The molecule has 5 rings (SSSR count). The molecule has 2 aromatic rings. The van der Waals surface area contributed by atoms with Crippen LogP contribution in [0.2, 0.25) is 0 Å². The molecule has 0 spiro atoms. The van der Waals surface area contributed by atoms with Gasteiger partial charge in [0.1, 0.15) is 5.82 Å². The molecule has 4 heterocycles. The van der Waals surface area contributed by atoms with Crippen LogP contribution in [-0.2, 0) is 26.6 Å². The standard InChI is InChI=1S/C18H24N6O2/c1-11-7-15(19-21(11)2)17(25)24-13-5-6-14(24)10-22-16(8-13)20-23(18(22)26)9-12-3-4-12/h7,12-14H,3-6,8-10H2,1-2H3/t13-,14+/m0/s1. The lowest BCUT2D eigenvalue weighted by Crippen LogP contribution is -2.43. The second-order valence-electron chi connectivity index (χ2n) is 8.03. The molecule has 1 saturated carbocycles. The minimum Gasteiger partial charge on any atom is -0.329 e. The number of aryl methyl sites for hydroxylation is 2. The van der Waals surface area contributed by atoms with Gasteiger partial charge in [-0.1, -0.05) is 0 Å². The van der Waals surface area contributed by atoms with E-state index in [4.69, 9.17) is 0 Å². The normalized spacial score (nSPS) is 24.6. The number of rotatable bonds is 3. The molecule has 8 nitrogen and oxygen atoms in total. The third kappa shape index (κ3) is 2.42. The molecule has 0 N–H and O–H groups in total. The largest absolute Gasteiger partial charge is 0.345 e. The van der Waals surface area contributed by atoms with Crippen LogP contribution in [0.15, 0.2) is 10.9 Å². The van der Waals surface area contributed by atoms with Crippen LogP contribution in [0.5, 0.6) is 0 Å². The summed E-state index contributed by atoms with van der Waals surface area (Å²) in [7, 11) is 1.85. The number of amides is 1. The van der Waals surface area contributed by atoms with Gasteiger partial charge >= 0.3 is 5.69 Å². The third-order valence-corrected chi connectivity index (χ3v) is 6.13. The first kappa shape index (κ1) is 15.8. The van der Waals surface area contributed by atoms with Gasteiger partial charge in [-0.15, -0.1) is 0 Å². The zero-order valence-electron chi connectivity index (χ0n) is 15.3. The summed E-state index contributed by atoms with van der Waals surface area (Å²) in [6.07, 6.45) is 4.95. The lowest BCUT2D eigenvalue weighted by Gasteiger charge is -2.27. The molecule has 1 aliphatic carbocycles. The Morgan fingerprint density at radius 1 is 1.19 bits per heavy atom. The number of nitrogens with zero attached hydrogens (tertiary/aromatic N) is 6. The van der Waals surface area contributed by atoms with Gasteiger partial charge in [0.15, 0.2) is 5.69 Å². The van der Waals surface area contributed by atoms with E-state index in [1.165, 1.54) is 12.8 Å². The van der Waals surface area contributed by atoms with Gasteiger partial charge in [-0.05, 0) is 44.6 Å². The first-order valence-corrected chi connectivity index (χ1v) is 9.51. The second kappa shape index (κ2) is 5.56. The molecule has 0 aromatic carbocycles. The SMILES string of the molecule is Cc1cc(C(=O)N2[C@@H]3CC[C@H]2Cc2nn(CC4CC4)c(=O)n2C3)nn1C. The average molecular weight is 356 g/mol. The van der Waals surface area contributed by atoms with Crippen LogP contribution in [0.25, 0.3) is 0 Å². The summed E-state index contributed by atoms with van der Waals surface area (Å²) in [5.74, 6) is 1.43. The van der Waals surface area contributed by atoms with Gasteiger partial charge in [0.25, 0.3) is 5.91 Å². The summed E-state index contributed by atoms with van der Waals surface area (Å²) in [5.41, 5.74) is 1.44. The lowest BCUT2D eigenvalue weighted by molar-refractivity contribution is 0.0657. The highest BCUT2D eigenvalue weighted by Crippen LogP contribution is 2.33. The summed E-state index contributed by atoms with van der Waals surface area (Å²) in [4.78, 5) is 27.8. The fourth-order valence-corrected chi connectivity index (χ4v) is 4.38. The van der Waals surface area contributed by atoms with Crippen molar-refractivity contribution in [3.8, 4) is 0 Å².